The summed E-state index contributed by atoms with van der Waals surface area (Å²) in [6.07, 6.45) is 2.99. The minimum Gasteiger partial charge on any atom is -0.494 e. The topological polar surface area (TPSA) is 67.4 Å². The number of hydrogen-bond acceptors (Lipinski definition) is 3. The minimum absolute atomic E-state index is 0.00163. The fourth-order valence-electron chi connectivity index (χ4n) is 3.59. The molecule has 1 fully saturated rings. The van der Waals surface area contributed by atoms with Crippen LogP contribution in [0.15, 0.2) is 54.6 Å². The van der Waals surface area contributed by atoms with Gasteiger partial charge >= 0.3 is 0 Å². The summed E-state index contributed by atoms with van der Waals surface area (Å²) in [4.78, 5) is 24.9. The van der Waals surface area contributed by atoms with E-state index < -0.39 is 0 Å². The van der Waals surface area contributed by atoms with Crippen LogP contribution in [0.5, 0.6) is 5.75 Å². The molecule has 2 aromatic rings. The van der Waals surface area contributed by atoms with Crippen molar-refractivity contribution in [1.82, 2.24) is 5.32 Å². The number of carbonyl (C=O) groups excluding carboxylic acids is 2. The Balaban J connectivity index is 1.42. The number of carbonyl (C=O) groups is 2. The zero-order chi connectivity index (χ0) is 19.8. The molecule has 0 heterocycles. The molecule has 2 aromatic carbocycles. The number of nitrogens with one attached hydrogen (secondary N) is 2. The van der Waals surface area contributed by atoms with Crippen LogP contribution >= 0.6 is 0 Å². The van der Waals surface area contributed by atoms with E-state index >= 15 is 0 Å². The van der Waals surface area contributed by atoms with Crippen LogP contribution in [0.3, 0.4) is 0 Å². The normalized spacial score (nSPS) is 18.9. The second-order valence-electron chi connectivity index (χ2n) is 7.20. The third-order valence-electron chi connectivity index (χ3n) is 5.21. The van der Waals surface area contributed by atoms with Crippen LogP contribution in [0.4, 0.5) is 5.69 Å². The van der Waals surface area contributed by atoms with Crippen LogP contribution in [-0.4, -0.2) is 18.4 Å². The van der Waals surface area contributed by atoms with Crippen molar-refractivity contribution < 1.29 is 14.3 Å². The lowest BCUT2D eigenvalue weighted by atomic mass is 9.81. The first-order valence-corrected chi connectivity index (χ1v) is 10.0. The summed E-state index contributed by atoms with van der Waals surface area (Å²) in [5, 5.41) is 5.99. The lowest BCUT2D eigenvalue weighted by Crippen LogP contribution is -2.35. The van der Waals surface area contributed by atoms with E-state index in [2.05, 4.69) is 10.6 Å². The monoisotopic (exact) mass is 380 g/mol. The summed E-state index contributed by atoms with van der Waals surface area (Å²) in [6.45, 7) is 3.11. The van der Waals surface area contributed by atoms with E-state index in [1.165, 1.54) is 0 Å². The third-order valence-corrected chi connectivity index (χ3v) is 5.21. The molecule has 0 bridgehead atoms. The van der Waals surface area contributed by atoms with Gasteiger partial charge in [0.2, 0.25) is 11.8 Å². The van der Waals surface area contributed by atoms with Crippen LogP contribution in [-0.2, 0) is 16.1 Å². The van der Waals surface area contributed by atoms with E-state index in [-0.39, 0.29) is 23.7 Å². The molecule has 1 aliphatic carbocycles. The van der Waals surface area contributed by atoms with E-state index in [1.807, 2.05) is 61.5 Å². The van der Waals surface area contributed by atoms with Gasteiger partial charge in [-0.3, -0.25) is 9.59 Å². The number of anilines is 1. The number of rotatable bonds is 7. The molecular weight excluding hydrogens is 352 g/mol. The molecule has 28 heavy (non-hydrogen) atoms. The Morgan fingerprint density at radius 3 is 2.11 bits per heavy atom. The van der Waals surface area contributed by atoms with Crippen molar-refractivity contribution >= 4 is 17.5 Å². The molecule has 1 saturated carbocycles. The van der Waals surface area contributed by atoms with Crippen molar-refractivity contribution in [3.63, 3.8) is 0 Å². The van der Waals surface area contributed by atoms with Crippen molar-refractivity contribution in [2.75, 3.05) is 11.9 Å². The van der Waals surface area contributed by atoms with Gasteiger partial charge in [0.05, 0.1) is 6.61 Å². The van der Waals surface area contributed by atoms with Gasteiger partial charge in [-0.1, -0.05) is 30.3 Å². The molecule has 0 aliphatic heterocycles. The molecule has 5 nitrogen and oxygen atoms in total. The maximum atomic E-state index is 12.5. The van der Waals surface area contributed by atoms with Crippen LogP contribution in [0, 0.1) is 11.8 Å². The highest BCUT2D eigenvalue weighted by Crippen LogP contribution is 2.30. The molecule has 5 heteroatoms. The fourth-order valence-corrected chi connectivity index (χ4v) is 3.59. The highest BCUT2D eigenvalue weighted by molar-refractivity contribution is 5.92. The Morgan fingerprint density at radius 1 is 0.893 bits per heavy atom. The van der Waals surface area contributed by atoms with Crippen LogP contribution < -0.4 is 15.4 Å². The Labute approximate surface area is 166 Å². The van der Waals surface area contributed by atoms with Gasteiger partial charge in [0.1, 0.15) is 5.75 Å². The van der Waals surface area contributed by atoms with Gasteiger partial charge in [0, 0.05) is 24.1 Å². The molecule has 0 saturated heterocycles. The molecule has 3 rings (SSSR count). The van der Waals surface area contributed by atoms with Crippen LogP contribution in [0.25, 0.3) is 0 Å². The first-order valence-electron chi connectivity index (χ1n) is 10.0. The average Bonchev–Trinajstić information content (AvgIpc) is 2.74. The van der Waals surface area contributed by atoms with Crippen molar-refractivity contribution in [3.05, 3.63) is 60.2 Å². The summed E-state index contributed by atoms with van der Waals surface area (Å²) in [6, 6.07) is 17.3. The molecule has 0 spiro atoms. The molecule has 148 valence electrons. The summed E-state index contributed by atoms with van der Waals surface area (Å²) in [5.41, 5.74) is 1.87. The Bertz CT molecular complexity index is 766. The maximum Gasteiger partial charge on any atom is 0.227 e. The van der Waals surface area contributed by atoms with Crippen molar-refractivity contribution in [1.29, 1.82) is 0 Å². The molecule has 0 aromatic heterocycles. The summed E-state index contributed by atoms with van der Waals surface area (Å²) in [7, 11) is 0. The van der Waals surface area contributed by atoms with E-state index in [0.717, 1.165) is 42.7 Å². The standard InChI is InChI=1S/C23H28N2O3/c1-2-28-21-14-12-20(13-15-21)25-23(27)19-10-8-18(9-11-19)22(26)24-16-17-6-4-3-5-7-17/h3-7,12-15,18-19H,2,8-11,16H2,1H3,(H,24,26)(H,25,27). The predicted octanol–water partition coefficient (Wildman–Crippen LogP) is 4.15. The average molecular weight is 380 g/mol. The second-order valence-corrected chi connectivity index (χ2v) is 7.20. The smallest absolute Gasteiger partial charge is 0.227 e. The Kier molecular flexibility index (Phi) is 7.06. The molecular formula is C23H28N2O3. The Hall–Kier alpha value is -2.82. The van der Waals surface area contributed by atoms with Crippen LogP contribution in [0.2, 0.25) is 0 Å². The second kappa shape index (κ2) is 9.93. The molecule has 1 aliphatic rings. The predicted molar refractivity (Wildman–Crippen MR) is 110 cm³/mol. The summed E-state index contributed by atoms with van der Waals surface area (Å²) >= 11 is 0. The van der Waals surface area contributed by atoms with E-state index in [0.29, 0.717) is 13.2 Å². The summed E-state index contributed by atoms with van der Waals surface area (Å²) in [5.74, 6) is 0.882. The fraction of sp³-hybridized carbons (Fsp3) is 0.391. The quantitative estimate of drug-likeness (QED) is 0.758. The third kappa shape index (κ3) is 5.59. The number of ether oxygens (including phenoxy) is 1. The lowest BCUT2D eigenvalue weighted by Gasteiger charge is -2.27. The molecule has 0 unspecified atom stereocenters. The van der Waals surface area contributed by atoms with Crippen LogP contribution in [0.1, 0.15) is 38.2 Å². The first kappa shape index (κ1) is 19.9. The Morgan fingerprint density at radius 2 is 1.50 bits per heavy atom. The maximum absolute atomic E-state index is 12.5. The SMILES string of the molecule is CCOc1ccc(NC(=O)C2CCC(C(=O)NCc3ccccc3)CC2)cc1. The molecule has 0 radical (unpaired) electrons. The van der Waals surface area contributed by atoms with Gasteiger partial charge in [-0.05, 0) is 62.4 Å². The lowest BCUT2D eigenvalue weighted by molar-refractivity contribution is -0.128. The van der Waals surface area contributed by atoms with Gasteiger partial charge in [-0.25, -0.2) is 0 Å². The molecule has 2 N–H and O–H groups in total. The number of hydrogen-bond donors (Lipinski definition) is 2. The first-order chi connectivity index (χ1) is 13.7. The van der Waals surface area contributed by atoms with Crippen molar-refractivity contribution in [2.24, 2.45) is 11.8 Å². The van der Waals surface area contributed by atoms with Gasteiger partial charge in [0.25, 0.3) is 0 Å². The van der Waals surface area contributed by atoms with Gasteiger partial charge < -0.3 is 15.4 Å². The number of benzene rings is 2. The van der Waals surface area contributed by atoms with Gasteiger partial charge in [0.15, 0.2) is 0 Å². The van der Waals surface area contributed by atoms with Gasteiger partial charge in [-0.2, -0.15) is 0 Å². The van der Waals surface area contributed by atoms with E-state index in [4.69, 9.17) is 4.74 Å². The van der Waals surface area contributed by atoms with E-state index in [1.54, 1.807) is 0 Å². The highest BCUT2D eigenvalue weighted by atomic mass is 16.5. The number of amides is 2. The van der Waals surface area contributed by atoms with Crippen molar-refractivity contribution in [3.8, 4) is 5.75 Å². The largest absolute Gasteiger partial charge is 0.494 e. The zero-order valence-corrected chi connectivity index (χ0v) is 16.3. The minimum atomic E-state index is -0.0373. The van der Waals surface area contributed by atoms with Crippen molar-refractivity contribution in [2.45, 2.75) is 39.2 Å². The highest BCUT2D eigenvalue weighted by Gasteiger charge is 2.29. The molecule has 2 amide bonds. The van der Waals surface area contributed by atoms with Gasteiger partial charge in [-0.15, -0.1) is 0 Å². The zero-order valence-electron chi connectivity index (χ0n) is 16.3. The van der Waals surface area contributed by atoms with E-state index in [9.17, 15) is 9.59 Å². The molecule has 0 atom stereocenters. The summed E-state index contributed by atoms with van der Waals surface area (Å²) < 4.78 is 5.41.